The van der Waals surface area contributed by atoms with Crippen LogP contribution in [0.25, 0.3) is 0 Å². The Balaban J connectivity index is -0.000000208. The maximum atomic E-state index is 3.37. The molecule has 0 aliphatic carbocycles. The summed E-state index contributed by atoms with van der Waals surface area (Å²) in [6, 6.07) is 0. The third kappa shape index (κ3) is 11.9. The summed E-state index contributed by atoms with van der Waals surface area (Å²) in [6.45, 7) is 19.1. The van der Waals surface area contributed by atoms with Gasteiger partial charge in [-0.1, -0.05) is 61.8 Å². The van der Waals surface area contributed by atoms with E-state index in [0.717, 1.165) is 0 Å². The summed E-state index contributed by atoms with van der Waals surface area (Å²) < 4.78 is 0. The van der Waals surface area contributed by atoms with Gasteiger partial charge in [0.25, 0.3) is 0 Å². The molecule has 15 heavy (non-hydrogen) atoms. The van der Waals surface area contributed by atoms with E-state index >= 15 is 0 Å². The number of piperidine rings is 1. The van der Waals surface area contributed by atoms with Crippen molar-refractivity contribution in [1.82, 2.24) is 5.32 Å². The molecule has 1 fully saturated rings. The van der Waals surface area contributed by atoms with Crippen molar-refractivity contribution in [2.75, 3.05) is 13.1 Å². The summed E-state index contributed by atoms with van der Waals surface area (Å²) in [5.74, 6) is 0. The second kappa shape index (κ2) is 16.4. The first-order valence-electron chi connectivity index (χ1n) is 6.97. The Morgan fingerprint density at radius 2 is 1.20 bits per heavy atom. The molecule has 1 rings (SSSR count). The molecule has 0 aromatic heterocycles. The van der Waals surface area contributed by atoms with Gasteiger partial charge < -0.3 is 5.32 Å². The van der Waals surface area contributed by atoms with Gasteiger partial charge in [-0.25, -0.2) is 0 Å². The second-order valence-electron chi connectivity index (χ2n) is 3.41. The average Bonchev–Trinajstić information content (AvgIpc) is 2.38. The van der Waals surface area contributed by atoms with Crippen LogP contribution < -0.4 is 5.32 Å². The molecular weight excluding hydrogens is 182 g/mol. The molecule has 96 valence electrons. The lowest BCUT2D eigenvalue weighted by Crippen LogP contribution is -2.34. The third-order valence-electron chi connectivity index (χ3n) is 2.66. The quantitative estimate of drug-likeness (QED) is 0.661. The first-order chi connectivity index (χ1) is 7.27. The molecule has 0 unspecified atom stereocenters. The molecule has 0 aromatic carbocycles. The van der Waals surface area contributed by atoms with E-state index in [1.165, 1.54) is 32.4 Å². The molecular formula is C14H35N. The van der Waals surface area contributed by atoms with Crippen LogP contribution in [-0.2, 0) is 0 Å². The van der Waals surface area contributed by atoms with Crippen molar-refractivity contribution in [1.29, 1.82) is 0 Å². The maximum absolute atomic E-state index is 3.37. The van der Waals surface area contributed by atoms with Crippen molar-refractivity contribution in [2.24, 2.45) is 5.41 Å². The van der Waals surface area contributed by atoms with E-state index in [-0.39, 0.29) is 0 Å². The molecule has 1 heterocycles. The lowest BCUT2D eigenvalue weighted by atomic mass is 9.79. The summed E-state index contributed by atoms with van der Waals surface area (Å²) >= 11 is 0. The highest BCUT2D eigenvalue weighted by Gasteiger charge is 2.23. The average molecular weight is 217 g/mol. The van der Waals surface area contributed by atoms with Crippen LogP contribution in [0, 0.1) is 5.41 Å². The lowest BCUT2D eigenvalue weighted by molar-refractivity contribution is 0.221. The van der Waals surface area contributed by atoms with E-state index in [1.54, 1.807) is 0 Å². The highest BCUT2D eigenvalue weighted by atomic mass is 14.9. The Bertz CT molecular complexity index is 83.3. The highest BCUT2D eigenvalue weighted by Crippen LogP contribution is 2.30. The fourth-order valence-corrected chi connectivity index (χ4v) is 1.38. The summed E-state index contributed by atoms with van der Waals surface area (Å²) in [5.41, 5.74) is 0.658. The Kier molecular flexibility index (Phi) is 22.3. The molecule has 1 nitrogen and oxygen atoms in total. The zero-order valence-electron chi connectivity index (χ0n) is 12.5. The fraction of sp³-hybridized carbons (Fsp3) is 1.00. The molecule has 0 spiro atoms. The molecule has 1 aliphatic rings. The zero-order chi connectivity index (χ0) is 12.7. The van der Waals surface area contributed by atoms with Crippen LogP contribution in [0.2, 0.25) is 0 Å². The van der Waals surface area contributed by atoms with Gasteiger partial charge in [0.1, 0.15) is 0 Å². The fourth-order valence-electron chi connectivity index (χ4n) is 1.38. The Morgan fingerprint density at radius 1 is 0.867 bits per heavy atom. The van der Waals surface area contributed by atoms with Crippen LogP contribution in [0.5, 0.6) is 0 Å². The molecule has 1 heteroatoms. The Hall–Kier alpha value is -0.0400. The molecule has 0 atom stereocenters. The maximum Gasteiger partial charge on any atom is -0.00437 e. The molecule has 1 N–H and O–H groups in total. The van der Waals surface area contributed by atoms with Crippen molar-refractivity contribution in [2.45, 2.75) is 74.7 Å². The number of hydrogen-bond acceptors (Lipinski definition) is 1. The van der Waals surface area contributed by atoms with Crippen LogP contribution >= 0.6 is 0 Å². The van der Waals surface area contributed by atoms with Crippen LogP contribution in [0.15, 0.2) is 0 Å². The van der Waals surface area contributed by atoms with Gasteiger partial charge in [0.2, 0.25) is 0 Å². The van der Waals surface area contributed by atoms with Crippen molar-refractivity contribution in [3.05, 3.63) is 0 Å². The van der Waals surface area contributed by atoms with Crippen LogP contribution in [0.3, 0.4) is 0 Å². The van der Waals surface area contributed by atoms with E-state index in [0.29, 0.717) is 5.41 Å². The van der Waals surface area contributed by atoms with E-state index in [2.05, 4.69) is 19.2 Å². The molecule has 1 aliphatic heterocycles. The third-order valence-corrected chi connectivity index (χ3v) is 2.66. The number of rotatable bonds is 1. The van der Waals surface area contributed by atoms with Gasteiger partial charge in [-0.2, -0.15) is 0 Å². The van der Waals surface area contributed by atoms with Gasteiger partial charge in [0, 0.05) is 0 Å². The highest BCUT2D eigenvalue weighted by molar-refractivity contribution is 4.78. The SMILES string of the molecule is CC.CC.CC.CCC1(C)CCNCC1. The summed E-state index contributed by atoms with van der Waals surface area (Å²) in [5, 5.41) is 3.37. The Morgan fingerprint density at radius 3 is 1.40 bits per heavy atom. The minimum atomic E-state index is 0.658. The molecule has 0 bridgehead atoms. The van der Waals surface area contributed by atoms with Gasteiger partial charge in [0.05, 0.1) is 0 Å². The van der Waals surface area contributed by atoms with Crippen molar-refractivity contribution in [3.8, 4) is 0 Å². The van der Waals surface area contributed by atoms with E-state index in [9.17, 15) is 0 Å². The predicted octanol–water partition coefficient (Wildman–Crippen LogP) is 4.86. The van der Waals surface area contributed by atoms with Crippen LogP contribution in [0.4, 0.5) is 0 Å². The van der Waals surface area contributed by atoms with Gasteiger partial charge in [-0.05, 0) is 31.3 Å². The summed E-state index contributed by atoms with van der Waals surface area (Å²) in [7, 11) is 0. The van der Waals surface area contributed by atoms with E-state index in [4.69, 9.17) is 0 Å². The van der Waals surface area contributed by atoms with E-state index < -0.39 is 0 Å². The van der Waals surface area contributed by atoms with Gasteiger partial charge in [-0.15, -0.1) is 0 Å². The first kappa shape index (κ1) is 20.4. The number of hydrogen-bond donors (Lipinski definition) is 1. The molecule has 0 saturated carbocycles. The zero-order valence-corrected chi connectivity index (χ0v) is 12.5. The summed E-state index contributed by atoms with van der Waals surface area (Å²) in [4.78, 5) is 0. The second-order valence-corrected chi connectivity index (χ2v) is 3.41. The van der Waals surface area contributed by atoms with Gasteiger partial charge >= 0.3 is 0 Å². The number of nitrogens with one attached hydrogen (secondary N) is 1. The first-order valence-corrected chi connectivity index (χ1v) is 6.97. The van der Waals surface area contributed by atoms with Gasteiger partial charge in [0.15, 0.2) is 0 Å². The van der Waals surface area contributed by atoms with Crippen molar-refractivity contribution >= 4 is 0 Å². The molecule has 0 radical (unpaired) electrons. The topological polar surface area (TPSA) is 12.0 Å². The lowest BCUT2D eigenvalue weighted by Gasteiger charge is -2.32. The van der Waals surface area contributed by atoms with E-state index in [1.807, 2.05) is 41.5 Å². The molecule has 1 saturated heterocycles. The van der Waals surface area contributed by atoms with Crippen LogP contribution in [-0.4, -0.2) is 13.1 Å². The van der Waals surface area contributed by atoms with Crippen molar-refractivity contribution in [3.63, 3.8) is 0 Å². The smallest absolute Gasteiger partial charge is 0.00437 e. The Labute approximate surface area is 99.0 Å². The van der Waals surface area contributed by atoms with Crippen molar-refractivity contribution < 1.29 is 0 Å². The standard InChI is InChI=1S/C8H17N.3C2H6/c1-3-8(2)4-6-9-7-5-8;3*1-2/h9H,3-7H2,1-2H3;3*1-2H3. The van der Waals surface area contributed by atoms with Crippen LogP contribution in [0.1, 0.15) is 74.7 Å². The molecule has 0 aromatic rings. The minimum Gasteiger partial charge on any atom is -0.317 e. The minimum absolute atomic E-state index is 0.658. The largest absolute Gasteiger partial charge is 0.317 e. The predicted molar refractivity (Wildman–Crippen MR) is 74.5 cm³/mol. The summed E-state index contributed by atoms with van der Waals surface area (Å²) in [6.07, 6.45) is 4.07. The monoisotopic (exact) mass is 217 g/mol. The van der Waals surface area contributed by atoms with Gasteiger partial charge in [-0.3, -0.25) is 0 Å². The molecule has 0 amide bonds. The normalized spacial score (nSPS) is 16.8.